The lowest BCUT2D eigenvalue weighted by atomic mass is 9.82. The molecule has 3 rings (SSSR count). The van der Waals surface area contributed by atoms with Gasteiger partial charge in [0.15, 0.2) is 0 Å². The SMILES string of the molecule is Cc1ccc(C(C)(C)CNC(=O)C2C3CCC(C3)C2N)cc1. The molecular formula is C19H28N2O. The van der Waals surface area contributed by atoms with E-state index in [0.29, 0.717) is 18.4 Å². The molecule has 3 N–H and O–H groups in total. The second-order valence-electron chi connectivity index (χ2n) is 7.90. The molecule has 0 aromatic heterocycles. The Kier molecular flexibility index (Phi) is 4.02. The zero-order valence-corrected chi connectivity index (χ0v) is 13.9. The van der Waals surface area contributed by atoms with E-state index in [2.05, 4.69) is 50.4 Å². The number of hydrogen-bond donors (Lipinski definition) is 2. The van der Waals surface area contributed by atoms with Crippen molar-refractivity contribution in [1.82, 2.24) is 5.32 Å². The molecule has 22 heavy (non-hydrogen) atoms. The number of aryl methyl sites for hydroxylation is 1. The molecule has 1 amide bonds. The standard InChI is InChI=1S/C19H28N2O/c1-12-4-8-15(9-5-12)19(2,3)11-21-18(22)16-13-6-7-14(10-13)17(16)20/h4-5,8-9,13-14,16-17H,6-7,10-11,20H2,1-3H3,(H,21,22). The largest absolute Gasteiger partial charge is 0.355 e. The van der Waals surface area contributed by atoms with E-state index < -0.39 is 0 Å². The topological polar surface area (TPSA) is 55.1 Å². The number of amides is 1. The van der Waals surface area contributed by atoms with Crippen LogP contribution in [0.2, 0.25) is 0 Å². The van der Waals surface area contributed by atoms with Gasteiger partial charge in [-0.15, -0.1) is 0 Å². The Morgan fingerprint density at radius 3 is 2.45 bits per heavy atom. The van der Waals surface area contributed by atoms with E-state index in [-0.39, 0.29) is 23.3 Å². The van der Waals surface area contributed by atoms with E-state index in [4.69, 9.17) is 5.73 Å². The third-order valence-corrected chi connectivity index (χ3v) is 5.82. The van der Waals surface area contributed by atoms with Crippen molar-refractivity contribution in [1.29, 1.82) is 0 Å². The molecule has 2 aliphatic carbocycles. The first kappa shape index (κ1) is 15.5. The second-order valence-corrected chi connectivity index (χ2v) is 7.90. The molecule has 0 heterocycles. The summed E-state index contributed by atoms with van der Waals surface area (Å²) in [6.07, 6.45) is 3.54. The minimum atomic E-state index is -0.0644. The minimum absolute atomic E-state index is 0.0348. The summed E-state index contributed by atoms with van der Waals surface area (Å²) in [4.78, 5) is 12.6. The summed E-state index contributed by atoms with van der Waals surface area (Å²) in [7, 11) is 0. The summed E-state index contributed by atoms with van der Waals surface area (Å²) in [5.74, 6) is 1.29. The van der Waals surface area contributed by atoms with E-state index in [1.807, 2.05) is 0 Å². The van der Waals surface area contributed by atoms with Crippen molar-refractivity contribution in [3.63, 3.8) is 0 Å². The van der Waals surface area contributed by atoms with Gasteiger partial charge in [-0.05, 0) is 43.6 Å². The van der Waals surface area contributed by atoms with Gasteiger partial charge in [-0.3, -0.25) is 4.79 Å². The molecule has 2 saturated carbocycles. The van der Waals surface area contributed by atoms with Crippen LogP contribution >= 0.6 is 0 Å². The quantitative estimate of drug-likeness (QED) is 0.898. The highest BCUT2D eigenvalue weighted by Gasteiger charge is 2.49. The number of rotatable bonds is 4. The van der Waals surface area contributed by atoms with Gasteiger partial charge >= 0.3 is 0 Å². The maximum atomic E-state index is 12.6. The van der Waals surface area contributed by atoms with Crippen LogP contribution < -0.4 is 11.1 Å². The number of benzene rings is 1. The second kappa shape index (κ2) is 5.69. The van der Waals surface area contributed by atoms with Gasteiger partial charge in [-0.25, -0.2) is 0 Å². The van der Waals surface area contributed by atoms with Crippen molar-refractivity contribution in [2.45, 2.75) is 51.5 Å². The van der Waals surface area contributed by atoms with Crippen LogP contribution in [0.3, 0.4) is 0 Å². The van der Waals surface area contributed by atoms with Gasteiger partial charge in [0.1, 0.15) is 0 Å². The average Bonchev–Trinajstić information content (AvgIpc) is 3.06. The van der Waals surface area contributed by atoms with Crippen molar-refractivity contribution in [2.75, 3.05) is 6.54 Å². The van der Waals surface area contributed by atoms with Crippen molar-refractivity contribution >= 4 is 5.91 Å². The van der Waals surface area contributed by atoms with Gasteiger partial charge in [0.2, 0.25) is 5.91 Å². The molecule has 1 aromatic rings. The molecule has 2 fully saturated rings. The Hall–Kier alpha value is -1.35. The van der Waals surface area contributed by atoms with E-state index in [9.17, 15) is 4.79 Å². The number of carbonyl (C=O) groups is 1. The van der Waals surface area contributed by atoms with Crippen molar-refractivity contribution in [2.24, 2.45) is 23.5 Å². The number of carbonyl (C=O) groups excluding carboxylic acids is 1. The van der Waals surface area contributed by atoms with E-state index in [1.54, 1.807) is 0 Å². The third kappa shape index (κ3) is 2.79. The molecule has 4 unspecified atom stereocenters. The van der Waals surface area contributed by atoms with Crippen molar-refractivity contribution in [3.8, 4) is 0 Å². The monoisotopic (exact) mass is 300 g/mol. The minimum Gasteiger partial charge on any atom is -0.355 e. The lowest BCUT2D eigenvalue weighted by Crippen LogP contribution is -2.47. The fraction of sp³-hybridized carbons (Fsp3) is 0.632. The highest BCUT2D eigenvalue weighted by molar-refractivity contribution is 5.80. The molecule has 0 aliphatic heterocycles. The zero-order valence-electron chi connectivity index (χ0n) is 13.9. The first-order valence-corrected chi connectivity index (χ1v) is 8.49. The van der Waals surface area contributed by atoms with E-state index >= 15 is 0 Å². The summed E-state index contributed by atoms with van der Waals surface area (Å²) >= 11 is 0. The molecule has 3 nitrogen and oxygen atoms in total. The van der Waals surface area contributed by atoms with Crippen molar-refractivity contribution in [3.05, 3.63) is 35.4 Å². The van der Waals surface area contributed by atoms with Crippen LogP contribution in [0.15, 0.2) is 24.3 Å². The van der Waals surface area contributed by atoms with E-state index in [1.165, 1.54) is 24.0 Å². The van der Waals surface area contributed by atoms with Gasteiger partial charge < -0.3 is 11.1 Å². The van der Waals surface area contributed by atoms with Gasteiger partial charge in [0.25, 0.3) is 0 Å². The number of fused-ring (bicyclic) bond motifs is 2. The molecule has 3 heteroatoms. The van der Waals surface area contributed by atoms with Crippen LogP contribution in [0.1, 0.15) is 44.2 Å². The molecule has 2 bridgehead atoms. The molecule has 0 spiro atoms. The Labute approximate surface area is 133 Å². The lowest BCUT2D eigenvalue weighted by Gasteiger charge is -2.30. The van der Waals surface area contributed by atoms with Gasteiger partial charge in [-0.2, -0.15) is 0 Å². The summed E-state index contributed by atoms with van der Waals surface area (Å²) in [5, 5.41) is 3.17. The van der Waals surface area contributed by atoms with Gasteiger partial charge in [-0.1, -0.05) is 43.7 Å². The normalized spacial score (nSPS) is 30.5. The summed E-state index contributed by atoms with van der Waals surface area (Å²) in [6.45, 7) is 7.11. The Balaban J connectivity index is 1.62. The highest BCUT2D eigenvalue weighted by atomic mass is 16.1. The smallest absolute Gasteiger partial charge is 0.224 e. The Morgan fingerprint density at radius 2 is 1.86 bits per heavy atom. The highest BCUT2D eigenvalue weighted by Crippen LogP contribution is 2.47. The molecule has 120 valence electrons. The van der Waals surface area contributed by atoms with Gasteiger partial charge in [0.05, 0.1) is 5.92 Å². The molecule has 4 atom stereocenters. The Morgan fingerprint density at radius 1 is 1.23 bits per heavy atom. The number of hydrogen-bond acceptors (Lipinski definition) is 2. The Bertz CT molecular complexity index is 547. The number of nitrogens with one attached hydrogen (secondary N) is 1. The fourth-order valence-corrected chi connectivity index (χ4v) is 4.26. The van der Waals surface area contributed by atoms with Crippen LogP contribution in [0.5, 0.6) is 0 Å². The summed E-state index contributed by atoms with van der Waals surface area (Å²) < 4.78 is 0. The molecular weight excluding hydrogens is 272 g/mol. The van der Waals surface area contributed by atoms with Crippen LogP contribution in [0.4, 0.5) is 0 Å². The molecule has 0 saturated heterocycles. The first-order chi connectivity index (χ1) is 10.4. The predicted molar refractivity (Wildman–Crippen MR) is 89.5 cm³/mol. The molecule has 0 radical (unpaired) electrons. The van der Waals surface area contributed by atoms with Crippen molar-refractivity contribution < 1.29 is 4.79 Å². The zero-order chi connectivity index (χ0) is 15.9. The fourth-order valence-electron chi connectivity index (χ4n) is 4.26. The summed E-state index contributed by atoms with van der Waals surface area (Å²) in [6, 6.07) is 8.65. The van der Waals surface area contributed by atoms with E-state index in [0.717, 1.165) is 6.42 Å². The predicted octanol–water partition coefficient (Wildman–Crippen LogP) is 2.76. The average molecular weight is 300 g/mol. The lowest BCUT2D eigenvalue weighted by molar-refractivity contribution is -0.127. The van der Waals surface area contributed by atoms with Crippen LogP contribution in [-0.2, 0) is 10.2 Å². The molecule has 1 aromatic carbocycles. The maximum absolute atomic E-state index is 12.6. The maximum Gasteiger partial charge on any atom is 0.224 e. The summed E-state index contributed by atoms with van der Waals surface area (Å²) in [5.41, 5.74) is 8.73. The van der Waals surface area contributed by atoms with Crippen LogP contribution in [-0.4, -0.2) is 18.5 Å². The van der Waals surface area contributed by atoms with Gasteiger partial charge in [0, 0.05) is 18.0 Å². The number of nitrogens with two attached hydrogens (primary N) is 1. The van der Waals surface area contributed by atoms with Crippen LogP contribution in [0, 0.1) is 24.7 Å². The third-order valence-electron chi connectivity index (χ3n) is 5.82. The molecule has 2 aliphatic rings. The first-order valence-electron chi connectivity index (χ1n) is 8.49. The van der Waals surface area contributed by atoms with Crippen LogP contribution in [0.25, 0.3) is 0 Å².